The summed E-state index contributed by atoms with van der Waals surface area (Å²) in [5.74, 6) is 0. The van der Waals surface area contributed by atoms with E-state index in [1.165, 1.54) is 54.2 Å². The molecule has 10 heterocycles. The third-order valence-electron chi connectivity index (χ3n) is 5.67. The van der Waals surface area contributed by atoms with E-state index in [0.717, 1.165) is 29.5 Å². The molecule has 304 valence electrons. The average molecular weight is 860 g/mol. The Morgan fingerprint density at radius 1 is 0.500 bits per heavy atom. The maximum atomic E-state index is 5.01. The summed E-state index contributed by atoms with van der Waals surface area (Å²) in [5, 5.41) is 22.6. The van der Waals surface area contributed by atoms with Crippen LogP contribution >= 0.6 is 34.0 Å². The highest BCUT2D eigenvalue weighted by molar-refractivity contribution is 7.16. The van der Waals surface area contributed by atoms with Crippen molar-refractivity contribution in [2.75, 3.05) is 0 Å². The topological polar surface area (TPSA) is 231 Å². The zero-order chi connectivity index (χ0) is 41.9. The summed E-state index contributed by atoms with van der Waals surface area (Å²) in [6, 6.07) is 17.6. The number of aromatic nitrogens is 12. The molecule has 12 rings (SSSR count). The van der Waals surface area contributed by atoms with Gasteiger partial charge in [0.25, 0.3) is 0 Å². The first-order valence-electron chi connectivity index (χ1n) is 17.1. The highest BCUT2D eigenvalue weighted by atomic mass is 32.1. The molecule has 0 aliphatic carbocycles. The minimum atomic E-state index is 0.845. The van der Waals surface area contributed by atoms with E-state index in [-0.39, 0.29) is 0 Å². The summed E-state index contributed by atoms with van der Waals surface area (Å²) < 4.78 is 15.1. The second kappa shape index (κ2) is 35.6. The molecule has 2 aromatic carbocycles. The lowest BCUT2D eigenvalue weighted by atomic mass is 10.3. The SMILES string of the molecule is C1=CN=CC1.C1=NN=CC1.c1ccc2ocnc2c1.c1ccc2scnc2c1.c1cnccn1.c1cncnc1.c1cocn1.c1cscn1.c1nnco1.c1nncs1. The van der Waals surface area contributed by atoms with Crippen molar-refractivity contribution in [3.63, 3.8) is 0 Å². The number of para-hydroxylation sites is 3. The monoisotopic (exact) mass is 859 g/mol. The zero-order valence-corrected chi connectivity index (χ0v) is 34.1. The summed E-state index contributed by atoms with van der Waals surface area (Å²) in [7, 11) is 0. The molecule has 0 fully saturated rings. The van der Waals surface area contributed by atoms with E-state index in [1.54, 1.807) is 113 Å². The van der Waals surface area contributed by atoms with E-state index < -0.39 is 0 Å². The first-order chi connectivity index (χ1) is 29.9. The van der Waals surface area contributed by atoms with Gasteiger partial charge >= 0.3 is 0 Å². The number of rotatable bonds is 0. The minimum absolute atomic E-state index is 0.845. The number of allylic oxidation sites excluding steroid dienone is 1. The van der Waals surface area contributed by atoms with Gasteiger partial charge in [0.15, 0.2) is 18.4 Å². The molecule has 0 radical (unpaired) electrons. The Bertz CT molecular complexity index is 1990. The van der Waals surface area contributed by atoms with Crippen LogP contribution in [0.5, 0.6) is 0 Å². The third-order valence-corrected chi connectivity index (χ3v) is 7.43. The molecule has 0 atom stereocenters. The van der Waals surface area contributed by atoms with Gasteiger partial charge in [-0.25, -0.2) is 24.9 Å². The summed E-state index contributed by atoms with van der Waals surface area (Å²) >= 11 is 4.77. The molecule has 0 saturated carbocycles. The van der Waals surface area contributed by atoms with Crippen molar-refractivity contribution in [2.24, 2.45) is 15.2 Å². The lowest BCUT2D eigenvalue weighted by molar-refractivity contribution is 0.553. The zero-order valence-electron chi connectivity index (χ0n) is 31.6. The number of benzene rings is 2. The largest absolute Gasteiger partial charge is 0.452 e. The lowest BCUT2D eigenvalue weighted by Crippen LogP contribution is -1.66. The number of aliphatic imine (C=N–C) groups is 1. The molecule has 2 aliphatic rings. The van der Waals surface area contributed by atoms with Crippen LogP contribution in [0.25, 0.3) is 21.3 Å². The van der Waals surface area contributed by atoms with Crippen molar-refractivity contribution in [1.82, 2.24) is 60.3 Å². The second-order valence-corrected chi connectivity index (χ2v) is 12.1. The normalized spacial score (nSPS) is 10.3. The molecule has 21 heteroatoms. The molecular weight excluding hydrogens is 823 g/mol. The van der Waals surface area contributed by atoms with E-state index >= 15 is 0 Å². The van der Waals surface area contributed by atoms with Gasteiger partial charge < -0.3 is 13.3 Å². The molecule has 0 bridgehead atoms. The molecule has 0 spiro atoms. The average Bonchev–Trinajstić information content (AvgIpc) is 4.21. The van der Waals surface area contributed by atoms with Gasteiger partial charge in [0.2, 0.25) is 12.8 Å². The molecule has 8 aromatic heterocycles. The van der Waals surface area contributed by atoms with Crippen LogP contribution in [0, 0.1) is 0 Å². The minimum Gasteiger partial charge on any atom is -0.452 e. The predicted octanol–water partition coefficient (Wildman–Crippen LogP) is 8.92. The van der Waals surface area contributed by atoms with Crippen molar-refractivity contribution < 1.29 is 13.3 Å². The van der Waals surface area contributed by atoms with Crippen LogP contribution in [0.15, 0.2) is 210 Å². The lowest BCUT2D eigenvalue weighted by Gasteiger charge is -1.80. The van der Waals surface area contributed by atoms with E-state index in [4.69, 9.17) is 4.42 Å². The van der Waals surface area contributed by atoms with Crippen LogP contribution in [-0.2, 0) is 0 Å². The smallest absolute Gasteiger partial charge is 0.203 e. The first kappa shape index (κ1) is 46.6. The molecular formula is C39H37N15O3S3. The van der Waals surface area contributed by atoms with Crippen LogP contribution in [0.3, 0.4) is 0 Å². The molecule has 10 aromatic rings. The van der Waals surface area contributed by atoms with Gasteiger partial charge in [0.05, 0.1) is 27.4 Å². The van der Waals surface area contributed by atoms with Gasteiger partial charge in [0, 0.05) is 86.4 Å². The van der Waals surface area contributed by atoms with Gasteiger partial charge in [-0.3, -0.25) is 19.9 Å². The highest BCUT2D eigenvalue weighted by Crippen LogP contribution is 2.15. The maximum absolute atomic E-state index is 5.01. The number of thiazole rings is 2. The van der Waals surface area contributed by atoms with Gasteiger partial charge in [-0.05, 0) is 30.3 Å². The van der Waals surface area contributed by atoms with Crippen molar-refractivity contribution in [3.8, 4) is 0 Å². The summed E-state index contributed by atoms with van der Waals surface area (Å²) in [6.45, 7) is 0. The number of nitrogens with zero attached hydrogens (tertiary/aromatic N) is 15. The van der Waals surface area contributed by atoms with Gasteiger partial charge in [-0.2, -0.15) is 10.2 Å². The van der Waals surface area contributed by atoms with E-state index in [9.17, 15) is 0 Å². The number of oxazole rings is 2. The number of fused-ring (bicyclic) bond motifs is 2. The standard InChI is InChI=1S/C7H5NO.C7H5NS.2C4H4N2.C4H5N.C3H4N2.C3H3NO.C3H3NS.C2H2N2O.C2H2N2S/c2*1-2-4-7-6(3-1)8-5-9-7;1-2-6-4-3-5-1;1-2-5-4-6-3-1;2*1-2-4-5-3-1;2*1-2-5-3-4-1;2*1-3-4-2-5-1/h2*1-5H;2*1-4H;1,3-4H,2H2;2-3H,1H2;2*1-3H;2*1-2H. The first-order valence-corrected chi connectivity index (χ1v) is 19.9. The highest BCUT2D eigenvalue weighted by Gasteiger charge is 1.91. The quantitative estimate of drug-likeness (QED) is 0.138. The van der Waals surface area contributed by atoms with Crippen molar-refractivity contribution in [3.05, 3.63) is 182 Å². The fraction of sp³-hybridized carbons (Fsp3) is 0.0513. The molecule has 0 unspecified atom stereocenters. The predicted molar refractivity (Wildman–Crippen MR) is 234 cm³/mol. The molecule has 0 amide bonds. The Labute approximate surface area is 356 Å². The number of hydrogen-bond acceptors (Lipinski definition) is 21. The fourth-order valence-electron chi connectivity index (χ4n) is 3.28. The van der Waals surface area contributed by atoms with Gasteiger partial charge in [-0.15, -0.1) is 54.4 Å². The Balaban J connectivity index is 0.000000180. The summed E-state index contributed by atoms with van der Waals surface area (Å²) in [5.41, 5.74) is 9.88. The van der Waals surface area contributed by atoms with Crippen LogP contribution in [0.2, 0.25) is 0 Å². The second-order valence-electron chi connectivity index (χ2n) is 9.73. The van der Waals surface area contributed by atoms with Crippen molar-refractivity contribution in [1.29, 1.82) is 0 Å². The van der Waals surface area contributed by atoms with Crippen LogP contribution in [0.4, 0.5) is 0 Å². The van der Waals surface area contributed by atoms with Crippen LogP contribution in [0.1, 0.15) is 12.8 Å². The van der Waals surface area contributed by atoms with Crippen LogP contribution < -0.4 is 0 Å². The maximum Gasteiger partial charge on any atom is 0.203 e. The Hall–Kier alpha value is -7.75. The van der Waals surface area contributed by atoms with E-state index in [1.807, 2.05) is 65.6 Å². The molecule has 0 N–H and O–H groups in total. The molecule has 60 heavy (non-hydrogen) atoms. The van der Waals surface area contributed by atoms with E-state index in [0.29, 0.717) is 0 Å². The Morgan fingerprint density at radius 3 is 1.62 bits per heavy atom. The number of hydrogen-bond donors (Lipinski definition) is 0. The van der Waals surface area contributed by atoms with Crippen LogP contribution in [-0.4, -0.2) is 78.9 Å². The summed E-state index contributed by atoms with van der Waals surface area (Å²) in [6.07, 6.45) is 32.8. The van der Waals surface area contributed by atoms with Crippen molar-refractivity contribution >= 4 is 74.0 Å². The summed E-state index contributed by atoms with van der Waals surface area (Å²) in [4.78, 5) is 34.0. The Morgan fingerprint density at radius 2 is 1.23 bits per heavy atom. The fourth-order valence-corrected chi connectivity index (χ4v) is 4.58. The van der Waals surface area contributed by atoms with E-state index in [2.05, 4.69) is 90.4 Å². The molecule has 0 saturated heterocycles. The molecule has 2 aliphatic heterocycles. The van der Waals surface area contributed by atoms with Gasteiger partial charge in [-0.1, -0.05) is 30.3 Å². The van der Waals surface area contributed by atoms with Crippen molar-refractivity contribution in [2.45, 2.75) is 12.8 Å². The van der Waals surface area contributed by atoms with Gasteiger partial charge in [0.1, 0.15) is 29.1 Å². The Kier molecular flexibility index (Phi) is 27.7. The third kappa shape index (κ3) is 26.2. The molecule has 18 nitrogen and oxygen atoms in total.